The van der Waals surface area contributed by atoms with Gasteiger partial charge in [-0.3, -0.25) is 0 Å². The summed E-state index contributed by atoms with van der Waals surface area (Å²) in [6.07, 6.45) is 3.60. The van der Waals surface area contributed by atoms with Gasteiger partial charge in [-0.25, -0.2) is 0 Å². The van der Waals surface area contributed by atoms with Crippen LogP contribution >= 0.6 is 0 Å². The normalized spacial score (nSPS) is 20.8. The molecule has 1 N–H and O–H groups in total. The van der Waals surface area contributed by atoms with E-state index in [1.807, 2.05) is 0 Å². The van der Waals surface area contributed by atoms with Gasteiger partial charge in [0.05, 0.1) is 12.8 Å². The van der Waals surface area contributed by atoms with E-state index in [1.165, 1.54) is 30.5 Å². The summed E-state index contributed by atoms with van der Waals surface area (Å²) in [5, 5.41) is 3.63. The first kappa shape index (κ1) is 14.2. The minimum absolute atomic E-state index is 0.651. The maximum Gasteiger partial charge on any atom is 0.142 e. The van der Waals surface area contributed by atoms with E-state index in [0.717, 1.165) is 25.4 Å². The third kappa shape index (κ3) is 3.63. The van der Waals surface area contributed by atoms with E-state index in [9.17, 15) is 0 Å². The number of rotatable bonds is 3. The molecule has 0 radical (unpaired) electrons. The Balaban J connectivity index is 2.16. The van der Waals surface area contributed by atoms with Gasteiger partial charge in [0.25, 0.3) is 0 Å². The average molecular weight is 262 g/mol. The Labute approximate surface area is 116 Å². The van der Waals surface area contributed by atoms with Gasteiger partial charge >= 0.3 is 0 Å². The Bertz CT molecular complexity index is 406. The molecule has 19 heavy (non-hydrogen) atoms. The van der Waals surface area contributed by atoms with Gasteiger partial charge in [0.15, 0.2) is 0 Å². The molecule has 1 saturated heterocycles. The van der Waals surface area contributed by atoms with Crippen LogP contribution in [0.25, 0.3) is 0 Å². The topological polar surface area (TPSA) is 24.5 Å². The van der Waals surface area contributed by atoms with Crippen molar-refractivity contribution in [3.05, 3.63) is 23.8 Å². The highest BCUT2D eigenvalue weighted by atomic mass is 16.5. The molecule has 1 atom stereocenters. The van der Waals surface area contributed by atoms with Gasteiger partial charge in [0, 0.05) is 19.1 Å². The van der Waals surface area contributed by atoms with Crippen LogP contribution in [0.1, 0.15) is 31.7 Å². The summed E-state index contributed by atoms with van der Waals surface area (Å²) >= 11 is 0. The fourth-order valence-corrected chi connectivity index (χ4v) is 2.74. The number of nitrogens with zero attached hydrogens (tertiary/aromatic N) is 1. The van der Waals surface area contributed by atoms with Gasteiger partial charge in [0.1, 0.15) is 5.75 Å². The van der Waals surface area contributed by atoms with Crippen molar-refractivity contribution in [1.29, 1.82) is 0 Å². The van der Waals surface area contributed by atoms with Crippen LogP contribution in [0, 0.1) is 6.92 Å². The highest BCUT2D eigenvalue weighted by Gasteiger charge is 2.16. The minimum Gasteiger partial charge on any atom is -0.495 e. The Kier molecular flexibility index (Phi) is 5.08. The van der Waals surface area contributed by atoms with Gasteiger partial charge in [-0.15, -0.1) is 0 Å². The molecule has 1 unspecified atom stereocenters. The molecule has 1 aliphatic rings. The highest BCUT2D eigenvalue weighted by Crippen LogP contribution is 2.30. The molecule has 1 aromatic rings. The number of benzene rings is 1. The average Bonchev–Trinajstić information content (AvgIpc) is 2.39. The van der Waals surface area contributed by atoms with Crippen molar-refractivity contribution in [2.45, 2.75) is 39.2 Å². The molecule has 0 aliphatic carbocycles. The molecule has 1 heterocycles. The van der Waals surface area contributed by atoms with Crippen LogP contribution in [0.4, 0.5) is 5.69 Å². The number of aryl methyl sites for hydroxylation is 1. The molecule has 106 valence electrons. The van der Waals surface area contributed by atoms with Crippen molar-refractivity contribution in [3.8, 4) is 5.75 Å². The van der Waals surface area contributed by atoms with Crippen LogP contribution in [0.5, 0.6) is 5.75 Å². The van der Waals surface area contributed by atoms with Crippen molar-refractivity contribution < 1.29 is 4.74 Å². The van der Waals surface area contributed by atoms with Crippen LogP contribution in [0.2, 0.25) is 0 Å². The highest BCUT2D eigenvalue weighted by molar-refractivity contribution is 5.60. The third-order valence-electron chi connectivity index (χ3n) is 3.95. The maximum absolute atomic E-state index is 5.52. The van der Waals surface area contributed by atoms with E-state index in [1.54, 1.807) is 7.11 Å². The Hall–Kier alpha value is -1.22. The van der Waals surface area contributed by atoms with Gasteiger partial charge in [0.2, 0.25) is 0 Å². The number of ether oxygens (including phenoxy) is 1. The molecule has 3 heteroatoms. The zero-order valence-corrected chi connectivity index (χ0v) is 12.4. The number of nitrogens with one attached hydrogen (secondary N) is 1. The molecule has 2 rings (SSSR count). The molecule has 0 amide bonds. The van der Waals surface area contributed by atoms with Crippen molar-refractivity contribution in [2.24, 2.45) is 0 Å². The second kappa shape index (κ2) is 6.80. The lowest BCUT2D eigenvalue weighted by Gasteiger charge is -2.31. The molecular weight excluding hydrogens is 236 g/mol. The molecule has 3 nitrogen and oxygen atoms in total. The van der Waals surface area contributed by atoms with Crippen molar-refractivity contribution in [3.63, 3.8) is 0 Å². The molecule has 1 aromatic carbocycles. The molecule has 1 fully saturated rings. The van der Waals surface area contributed by atoms with Crippen LogP contribution in [-0.2, 0) is 0 Å². The fraction of sp³-hybridized carbons (Fsp3) is 0.625. The van der Waals surface area contributed by atoms with Gasteiger partial charge in [-0.2, -0.15) is 0 Å². The Morgan fingerprint density at radius 2 is 2.21 bits per heavy atom. The summed E-state index contributed by atoms with van der Waals surface area (Å²) in [7, 11) is 1.76. The Morgan fingerprint density at radius 1 is 1.37 bits per heavy atom. The molecule has 0 bridgehead atoms. The summed E-state index contributed by atoms with van der Waals surface area (Å²) in [5.74, 6) is 0.993. The summed E-state index contributed by atoms with van der Waals surface area (Å²) in [6, 6.07) is 7.09. The lowest BCUT2D eigenvalue weighted by molar-refractivity contribution is 0.408. The molecule has 1 aliphatic heterocycles. The van der Waals surface area contributed by atoms with Crippen LogP contribution in [0.15, 0.2) is 18.2 Å². The quantitative estimate of drug-likeness (QED) is 0.906. The van der Waals surface area contributed by atoms with Crippen LogP contribution in [-0.4, -0.2) is 32.8 Å². The SMILES string of the molecule is CCC1CCN(c2cc(C)ccc2OC)CCCN1. The lowest BCUT2D eigenvalue weighted by atomic mass is 10.1. The Morgan fingerprint density at radius 3 is 2.95 bits per heavy atom. The van der Waals surface area contributed by atoms with E-state index < -0.39 is 0 Å². The molecular formula is C16H26N2O. The second-order valence-corrected chi connectivity index (χ2v) is 5.36. The van der Waals surface area contributed by atoms with Gasteiger partial charge in [-0.05, 0) is 50.4 Å². The fourth-order valence-electron chi connectivity index (χ4n) is 2.74. The summed E-state index contributed by atoms with van der Waals surface area (Å²) in [6.45, 7) is 7.72. The standard InChI is InChI=1S/C16H26N2O/c1-4-14-8-11-18(10-5-9-17-14)15-12-13(2)6-7-16(15)19-3/h6-7,12,14,17H,4-5,8-11H2,1-3H3. The van der Waals surface area contributed by atoms with E-state index in [2.05, 4.69) is 42.3 Å². The van der Waals surface area contributed by atoms with Crippen molar-refractivity contribution in [2.75, 3.05) is 31.6 Å². The van der Waals surface area contributed by atoms with Gasteiger partial charge in [-0.1, -0.05) is 13.0 Å². The summed E-state index contributed by atoms with van der Waals surface area (Å²) in [4.78, 5) is 2.48. The first-order valence-electron chi connectivity index (χ1n) is 7.37. The number of hydrogen-bond donors (Lipinski definition) is 1. The van der Waals surface area contributed by atoms with Crippen molar-refractivity contribution >= 4 is 5.69 Å². The predicted molar refractivity (Wildman–Crippen MR) is 81.3 cm³/mol. The number of anilines is 1. The number of hydrogen-bond acceptors (Lipinski definition) is 3. The van der Waals surface area contributed by atoms with E-state index in [4.69, 9.17) is 4.74 Å². The minimum atomic E-state index is 0.651. The molecule has 0 aromatic heterocycles. The first-order chi connectivity index (χ1) is 9.24. The second-order valence-electron chi connectivity index (χ2n) is 5.36. The first-order valence-corrected chi connectivity index (χ1v) is 7.37. The van der Waals surface area contributed by atoms with Crippen molar-refractivity contribution in [1.82, 2.24) is 5.32 Å². The zero-order chi connectivity index (χ0) is 13.7. The maximum atomic E-state index is 5.52. The molecule has 0 saturated carbocycles. The predicted octanol–water partition coefficient (Wildman–Crippen LogP) is 2.97. The van der Waals surface area contributed by atoms with E-state index in [0.29, 0.717) is 6.04 Å². The third-order valence-corrected chi connectivity index (χ3v) is 3.95. The summed E-state index contributed by atoms with van der Waals surface area (Å²) in [5.41, 5.74) is 2.54. The monoisotopic (exact) mass is 262 g/mol. The van der Waals surface area contributed by atoms with Crippen LogP contribution < -0.4 is 15.0 Å². The largest absolute Gasteiger partial charge is 0.495 e. The van der Waals surface area contributed by atoms with Gasteiger partial charge < -0.3 is 15.0 Å². The van der Waals surface area contributed by atoms with E-state index in [-0.39, 0.29) is 0 Å². The smallest absolute Gasteiger partial charge is 0.142 e. The van der Waals surface area contributed by atoms with Crippen LogP contribution in [0.3, 0.4) is 0 Å². The number of methoxy groups -OCH3 is 1. The van der Waals surface area contributed by atoms with E-state index >= 15 is 0 Å². The summed E-state index contributed by atoms with van der Waals surface area (Å²) < 4.78 is 5.52. The zero-order valence-electron chi connectivity index (χ0n) is 12.4. The molecule has 0 spiro atoms. The lowest BCUT2D eigenvalue weighted by Crippen LogP contribution is -2.39.